The Balaban J connectivity index is 1.57. The smallest absolute Gasteiger partial charge is 0.275 e. The Morgan fingerprint density at radius 1 is 1.21 bits per heavy atom. The predicted octanol–water partition coefficient (Wildman–Crippen LogP) is 1.90. The Labute approximate surface area is 140 Å². The predicted molar refractivity (Wildman–Crippen MR) is 90.5 cm³/mol. The quantitative estimate of drug-likeness (QED) is 0.611. The minimum Gasteiger partial charge on any atom is -0.352 e. The van der Waals surface area contributed by atoms with Crippen molar-refractivity contribution >= 4 is 21.4 Å². The maximum Gasteiger partial charge on any atom is 0.275 e. The first kappa shape index (κ1) is 14.5. The number of para-hydroxylation sites is 1. The van der Waals surface area contributed by atoms with E-state index in [9.17, 15) is 4.79 Å². The number of hydrogen-bond donors (Lipinski definition) is 1. The van der Waals surface area contributed by atoms with Crippen molar-refractivity contribution in [3.63, 3.8) is 0 Å². The topological polar surface area (TPSA) is 90.0 Å². The Bertz CT molecular complexity index is 1040. The number of nitrogens with one attached hydrogen (secondary N) is 1. The van der Waals surface area contributed by atoms with Crippen molar-refractivity contribution in [3.8, 4) is 5.69 Å². The molecule has 4 rings (SSSR count). The van der Waals surface area contributed by atoms with Crippen LogP contribution < -0.4 is 10.9 Å². The molecule has 0 fully saturated rings. The maximum atomic E-state index is 11.7. The van der Waals surface area contributed by atoms with Gasteiger partial charge in [-0.1, -0.05) is 34.7 Å². The number of nitrogens with zero attached hydrogens (tertiary/aromatic N) is 6. The number of fused-ring (bicyclic) bond motifs is 1. The second-order valence-corrected chi connectivity index (χ2v) is 6.13. The van der Waals surface area contributed by atoms with Gasteiger partial charge in [-0.25, -0.2) is 9.67 Å². The highest BCUT2D eigenvalue weighted by Gasteiger charge is 2.14. The molecule has 0 aliphatic rings. The lowest BCUT2D eigenvalue weighted by molar-refractivity contribution is 0.778. The second kappa shape index (κ2) is 5.85. The molecular weight excluding hydrogens is 326 g/mol. The molecule has 0 saturated carbocycles. The summed E-state index contributed by atoms with van der Waals surface area (Å²) in [5.41, 5.74) is 1.52. The summed E-state index contributed by atoms with van der Waals surface area (Å²) in [6.45, 7) is 1.96. The van der Waals surface area contributed by atoms with Crippen molar-refractivity contribution < 1.29 is 0 Å². The fraction of sp³-hybridized carbons (Fsp3) is 0.133. The van der Waals surface area contributed by atoms with Crippen LogP contribution >= 0.6 is 11.3 Å². The van der Waals surface area contributed by atoms with Gasteiger partial charge in [-0.05, 0) is 19.1 Å². The lowest BCUT2D eigenvalue weighted by atomic mass is 10.2. The first-order valence-corrected chi connectivity index (χ1v) is 8.11. The van der Waals surface area contributed by atoms with E-state index in [1.54, 1.807) is 4.68 Å². The van der Waals surface area contributed by atoms with E-state index in [4.69, 9.17) is 0 Å². The average molecular weight is 339 g/mol. The van der Waals surface area contributed by atoms with Crippen LogP contribution in [-0.2, 0) is 0 Å². The van der Waals surface area contributed by atoms with Gasteiger partial charge in [0.15, 0.2) is 0 Å². The molecule has 3 heterocycles. The zero-order chi connectivity index (χ0) is 16.5. The molecule has 0 aliphatic heterocycles. The van der Waals surface area contributed by atoms with E-state index >= 15 is 0 Å². The Kier molecular flexibility index (Phi) is 3.54. The Morgan fingerprint density at radius 3 is 2.83 bits per heavy atom. The summed E-state index contributed by atoms with van der Waals surface area (Å²) in [5, 5.41) is 16.4. The Hall–Kier alpha value is -3.07. The van der Waals surface area contributed by atoms with Crippen molar-refractivity contribution in [3.05, 3.63) is 64.8 Å². The van der Waals surface area contributed by atoms with E-state index in [1.165, 1.54) is 28.1 Å². The monoisotopic (exact) mass is 339 g/mol. The molecule has 3 aromatic heterocycles. The molecule has 0 bridgehead atoms. The van der Waals surface area contributed by atoms with E-state index in [0.29, 0.717) is 10.1 Å². The lowest BCUT2D eigenvalue weighted by Gasteiger charge is -2.08. The van der Waals surface area contributed by atoms with E-state index in [-0.39, 0.29) is 11.6 Å². The molecule has 0 amide bonds. The number of hydrogen-bond acceptors (Lipinski definition) is 7. The molecule has 0 saturated heterocycles. The van der Waals surface area contributed by atoms with Crippen LogP contribution in [0.4, 0.5) is 5.13 Å². The van der Waals surface area contributed by atoms with E-state index < -0.39 is 0 Å². The van der Waals surface area contributed by atoms with Crippen molar-refractivity contribution in [2.45, 2.75) is 13.0 Å². The zero-order valence-corrected chi connectivity index (χ0v) is 13.5. The third-order valence-corrected chi connectivity index (χ3v) is 4.34. The van der Waals surface area contributed by atoms with Gasteiger partial charge in [-0.2, -0.15) is 4.52 Å². The van der Waals surface area contributed by atoms with Gasteiger partial charge >= 0.3 is 0 Å². The summed E-state index contributed by atoms with van der Waals surface area (Å²) in [4.78, 5) is 16.4. The van der Waals surface area contributed by atoms with E-state index in [2.05, 4.69) is 25.7 Å². The molecule has 1 unspecified atom stereocenters. The van der Waals surface area contributed by atoms with Crippen LogP contribution in [0.1, 0.15) is 18.7 Å². The van der Waals surface area contributed by atoms with Gasteiger partial charge in [-0.15, -0.1) is 10.2 Å². The van der Waals surface area contributed by atoms with Crippen LogP contribution in [0.3, 0.4) is 0 Å². The number of rotatable bonds is 4. The normalized spacial score (nSPS) is 12.4. The molecule has 9 heteroatoms. The third kappa shape index (κ3) is 2.65. The summed E-state index contributed by atoms with van der Waals surface area (Å²) in [6, 6.07) is 11.0. The molecule has 0 aliphatic carbocycles. The molecule has 1 atom stereocenters. The van der Waals surface area contributed by atoms with Crippen molar-refractivity contribution in [1.29, 1.82) is 0 Å². The van der Waals surface area contributed by atoms with Gasteiger partial charge in [0.2, 0.25) is 10.1 Å². The van der Waals surface area contributed by atoms with Crippen molar-refractivity contribution in [2.75, 3.05) is 5.32 Å². The number of aromatic nitrogens is 6. The largest absolute Gasteiger partial charge is 0.352 e. The van der Waals surface area contributed by atoms with Crippen LogP contribution in [0, 0.1) is 0 Å². The number of benzene rings is 1. The van der Waals surface area contributed by atoms with Gasteiger partial charge in [0.25, 0.3) is 5.56 Å². The molecule has 24 heavy (non-hydrogen) atoms. The van der Waals surface area contributed by atoms with Crippen LogP contribution in [-0.4, -0.2) is 29.6 Å². The summed E-state index contributed by atoms with van der Waals surface area (Å²) >= 11 is 1.31. The maximum absolute atomic E-state index is 11.7. The van der Waals surface area contributed by atoms with Crippen LogP contribution in [0.5, 0.6) is 0 Å². The first-order valence-electron chi connectivity index (χ1n) is 7.30. The summed E-state index contributed by atoms with van der Waals surface area (Å²) in [7, 11) is 0. The van der Waals surface area contributed by atoms with Gasteiger partial charge in [-0.3, -0.25) is 4.79 Å². The standard InChI is InChI=1S/C15H13N7OS/c1-10(12-9-21(20-18-12)11-5-3-2-4-6-11)17-14-19-22-13(23)7-8-16-15(22)24-14/h2-10H,1H3,(H,17,19). The second-order valence-electron chi connectivity index (χ2n) is 5.17. The van der Waals surface area contributed by atoms with Gasteiger partial charge < -0.3 is 5.32 Å². The highest BCUT2D eigenvalue weighted by atomic mass is 32.1. The van der Waals surface area contributed by atoms with Crippen molar-refractivity contribution in [2.24, 2.45) is 0 Å². The fourth-order valence-corrected chi connectivity index (χ4v) is 3.11. The van der Waals surface area contributed by atoms with Gasteiger partial charge in [0, 0.05) is 12.3 Å². The minimum absolute atomic E-state index is 0.112. The highest BCUT2D eigenvalue weighted by Crippen LogP contribution is 2.22. The molecule has 1 aromatic carbocycles. The third-order valence-electron chi connectivity index (χ3n) is 3.49. The van der Waals surface area contributed by atoms with Crippen molar-refractivity contribution in [1.82, 2.24) is 29.6 Å². The van der Waals surface area contributed by atoms with Gasteiger partial charge in [0.05, 0.1) is 17.9 Å². The van der Waals surface area contributed by atoms with Gasteiger partial charge in [0.1, 0.15) is 5.69 Å². The molecule has 8 nitrogen and oxygen atoms in total. The molecule has 4 aromatic rings. The SMILES string of the molecule is CC(Nc1nn2c(=O)ccnc2s1)c1cn(-c2ccccc2)nn1. The number of anilines is 1. The summed E-state index contributed by atoms with van der Waals surface area (Å²) in [5.74, 6) is 0. The molecular formula is C15H13N7OS. The molecule has 0 radical (unpaired) electrons. The fourth-order valence-electron chi connectivity index (χ4n) is 2.24. The van der Waals surface area contributed by atoms with Crippen LogP contribution in [0.2, 0.25) is 0 Å². The minimum atomic E-state index is -0.202. The highest BCUT2D eigenvalue weighted by molar-refractivity contribution is 7.20. The van der Waals surface area contributed by atoms with Crippen LogP contribution in [0.25, 0.3) is 10.6 Å². The lowest BCUT2D eigenvalue weighted by Crippen LogP contribution is -2.13. The summed E-state index contributed by atoms with van der Waals surface area (Å²) in [6.07, 6.45) is 3.35. The molecule has 120 valence electrons. The molecule has 1 N–H and O–H groups in total. The van der Waals surface area contributed by atoms with Crippen LogP contribution in [0.15, 0.2) is 53.6 Å². The first-order chi connectivity index (χ1) is 11.7. The molecule has 0 spiro atoms. The average Bonchev–Trinajstić information content (AvgIpc) is 3.23. The Morgan fingerprint density at radius 2 is 2.04 bits per heavy atom. The van der Waals surface area contributed by atoms with E-state index in [1.807, 2.05) is 43.5 Å². The zero-order valence-electron chi connectivity index (χ0n) is 12.7. The summed E-state index contributed by atoms with van der Waals surface area (Å²) < 4.78 is 3.00. The van der Waals surface area contributed by atoms with E-state index in [0.717, 1.165) is 11.4 Å².